The van der Waals surface area contributed by atoms with Crippen LogP contribution in [-0.2, 0) is 16.0 Å². The summed E-state index contributed by atoms with van der Waals surface area (Å²) in [6.45, 7) is 7.27. The summed E-state index contributed by atoms with van der Waals surface area (Å²) in [5.74, 6) is 0.443. The molecule has 0 radical (unpaired) electrons. The molecule has 0 aliphatic heterocycles. The zero-order valence-corrected chi connectivity index (χ0v) is 12.9. The van der Waals surface area contributed by atoms with Gasteiger partial charge in [-0.25, -0.2) is 0 Å². The molecular formula is C14H22O4Si. The second-order valence-electron chi connectivity index (χ2n) is 5.82. The second kappa shape index (κ2) is 7.28. The Kier molecular flexibility index (Phi) is 6.01. The fourth-order valence-electron chi connectivity index (χ4n) is 1.51. The molecular weight excluding hydrogens is 260 g/mol. The average Bonchev–Trinajstić information content (AvgIpc) is 2.27. The third-order valence-electron chi connectivity index (χ3n) is 2.67. The van der Waals surface area contributed by atoms with Crippen LogP contribution in [0.2, 0.25) is 25.7 Å². The van der Waals surface area contributed by atoms with Gasteiger partial charge in [0, 0.05) is 33.0 Å². The van der Waals surface area contributed by atoms with Gasteiger partial charge >= 0.3 is 5.97 Å². The Morgan fingerprint density at radius 3 is 2.74 bits per heavy atom. The van der Waals surface area contributed by atoms with Crippen LogP contribution in [0.25, 0.3) is 0 Å². The number of rotatable bonds is 7. The number of carbonyl (C=O) groups is 1. The maximum atomic E-state index is 11.5. The van der Waals surface area contributed by atoms with Crippen LogP contribution in [0.1, 0.15) is 18.6 Å². The summed E-state index contributed by atoms with van der Waals surface area (Å²) in [5.41, 5.74) is -0.0704. The van der Waals surface area contributed by atoms with Gasteiger partial charge in [-0.3, -0.25) is 9.59 Å². The molecule has 1 rings (SSSR count). The summed E-state index contributed by atoms with van der Waals surface area (Å²) in [6, 6.07) is 3.82. The number of hydrogen-bond donors (Lipinski definition) is 0. The third kappa shape index (κ3) is 7.61. The van der Waals surface area contributed by atoms with Crippen molar-refractivity contribution in [3.05, 3.63) is 34.4 Å². The Labute approximate surface area is 114 Å². The topological polar surface area (TPSA) is 56.5 Å². The van der Waals surface area contributed by atoms with Crippen molar-refractivity contribution in [3.63, 3.8) is 0 Å². The first-order valence-corrected chi connectivity index (χ1v) is 10.3. The van der Waals surface area contributed by atoms with Crippen molar-refractivity contribution in [1.82, 2.24) is 0 Å². The second-order valence-corrected chi connectivity index (χ2v) is 11.4. The van der Waals surface area contributed by atoms with Gasteiger partial charge in [0.25, 0.3) is 0 Å². The Hall–Kier alpha value is -1.36. The molecule has 0 aliphatic rings. The van der Waals surface area contributed by atoms with Crippen LogP contribution >= 0.6 is 0 Å². The molecule has 106 valence electrons. The monoisotopic (exact) mass is 282 g/mol. The summed E-state index contributed by atoms with van der Waals surface area (Å²) in [6.07, 6.45) is 2.96. The minimum atomic E-state index is -1.14. The van der Waals surface area contributed by atoms with Crippen molar-refractivity contribution in [1.29, 1.82) is 0 Å². The van der Waals surface area contributed by atoms with Crippen molar-refractivity contribution < 1.29 is 13.9 Å². The number of carbonyl (C=O) groups excluding carboxylic acids is 1. The predicted molar refractivity (Wildman–Crippen MR) is 77.0 cm³/mol. The van der Waals surface area contributed by atoms with E-state index in [0.29, 0.717) is 31.6 Å². The number of hydrogen-bond acceptors (Lipinski definition) is 4. The zero-order chi connectivity index (χ0) is 14.3. The SMILES string of the molecule is C[Si](C)(C)CCOC(=O)CCCc1cc(=O)cco1. The van der Waals surface area contributed by atoms with E-state index in [1.54, 1.807) is 0 Å². The smallest absolute Gasteiger partial charge is 0.305 e. The van der Waals surface area contributed by atoms with Crippen molar-refractivity contribution in [2.24, 2.45) is 0 Å². The molecule has 0 aliphatic carbocycles. The van der Waals surface area contributed by atoms with E-state index in [-0.39, 0.29) is 11.4 Å². The fraction of sp³-hybridized carbons (Fsp3) is 0.571. The molecule has 1 heterocycles. The van der Waals surface area contributed by atoms with Gasteiger partial charge < -0.3 is 9.15 Å². The molecule has 1 aromatic heterocycles. The van der Waals surface area contributed by atoms with Gasteiger partial charge in [-0.2, -0.15) is 0 Å². The maximum absolute atomic E-state index is 11.5. The first kappa shape index (κ1) is 15.7. The van der Waals surface area contributed by atoms with Gasteiger partial charge in [0.05, 0.1) is 12.9 Å². The molecule has 4 nitrogen and oxygen atoms in total. The van der Waals surface area contributed by atoms with Crippen LogP contribution in [0.5, 0.6) is 0 Å². The predicted octanol–water partition coefficient (Wildman–Crippen LogP) is 2.84. The number of esters is 1. The van der Waals surface area contributed by atoms with Gasteiger partial charge in [-0.15, -0.1) is 0 Å². The Morgan fingerprint density at radius 2 is 2.11 bits per heavy atom. The zero-order valence-electron chi connectivity index (χ0n) is 11.9. The lowest BCUT2D eigenvalue weighted by molar-refractivity contribution is -0.143. The summed E-state index contributed by atoms with van der Waals surface area (Å²) in [7, 11) is -1.14. The quantitative estimate of drug-likeness (QED) is 0.570. The summed E-state index contributed by atoms with van der Waals surface area (Å²) < 4.78 is 10.4. The lowest BCUT2D eigenvalue weighted by Crippen LogP contribution is -2.22. The molecule has 0 fully saturated rings. The highest BCUT2D eigenvalue weighted by molar-refractivity contribution is 6.76. The molecule has 0 saturated carbocycles. The van der Waals surface area contributed by atoms with Gasteiger partial charge in [0.1, 0.15) is 5.76 Å². The average molecular weight is 282 g/mol. The number of aryl methyl sites for hydroxylation is 1. The standard InChI is InChI=1S/C14H22O4Si/c1-19(2,3)10-9-18-14(16)6-4-5-13-11-12(15)7-8-17-13/h7-8,11H,4-6,9-10H2,1-3H3. The normalized spacial score (nSPS) is 11.3. The van der Waals surface area contributed by atoms with E-state index in [1.165, 1.54) is 18.4 Å². The van der Waals surface area contributed by atoms with Crippen LogP contribution in [-0.4, -0.2) is 20.7 Å². The molecule has 0 unspecified atom stereocenters. The van der Waals surface area contributed by atoms with Crippen molar-refractivity contribution >= 4 is 14.0 Å². The molecule has 0 aromatic carbocycles. The van der Waals surface area contributed by atoms with Gasteiger partial charge in [-0.1, -0.05) is 19.6 Å². The van der Waals surface area contributed by atoms with Crippen molar-refractivity contribution in [2.75, 3.05) is 6.61 Å². The van der Waals surface area contributed by atoms with Crippen molar-refractivity contribution in [2.45, 2.75) is 44.9 Å². The minimum Gasteiger partial charge on any atom is -0.469 e. The van der Waals surface area contributed by atoms with E-state index in [0.717, 1.165) is 6.04 Å². The molecule has 0 amide bonds. The minimum absolute atomic E-state index is 0.0704. The molecule has 5 heteroatoms. The Morgan fingerprint density at radius 1 is 1.37 bits per heavy atom. The van der Waals surface area contributed by atoms with Crippen LogP contribution < -0.4 is 5.43 Å². The van der Waals surface area contributed by atoms with E-state index in [1.807, 2.05) is 0 Å². The molecule has 0 spiro atoms. The Balaban J connectivity index is 2.19. The molecule has 0 bridgehead atoms. The lowest BCUT2D eigenvalue weighted by atomic mass is 10.2. The first-order chi connectivity index (χ1) is 8.87. The maximum Gasteiger partial charge on any atom is 0.305 e. The first-order valence-electron chi connectivity index (χ1n) is 6.60. The van der Waals surface area contributed by atoms with E-state index in [9.17, 15) is 9.59 Å². The Bertz CT molecular complexity index is 459. The highest BCUT2D eigenvalue weighted by atomic mass is 28.3. The van der Waals surface area contributed by atoms with Gasteiger partial charge in [0.15, 0.2) is 5.43 Å². The molecule has 1 aromatic rings. The van der Waals surface area contributed by atoms with Gasteiger partial charge in [-0.05, 0) is 12.5 Å². The lowest BCUT2D eigenvalue weighted by Gasteiger charge is -2.15. The van der Waals surface area contributed by atoms with E-state index in [4.69, 9.17) is 9.15 Å². The fourth-order valence-corrected chi connectivity index (χ4v) is 2.22. The summed E-state index contributed by atoms with van der Waals surface area (Å²) in [5, 5.41) is 0. The highest BCUT2D eigenvalue weighted by Crippen LogP contribution is 2.09. The van der Waals surface area contributed by atoms with Gasteiger partial charge in [0.2, 0.25) is 0 Å². The van der Waals surface area contributed by atoms with E-state index in [2.05, 4.69) is 19.6 Å². The van der Waals surface area contributed by atoms with Crippen LogP contribution in [0, 0.1) is 0 Å². The largest absolute Gasteiger partial charge is 0.469 e. The van der Waals surface area contributed by atoms with E-state index >= 15 is 0 Å². The highest BCUT2D eigenvalue weighted by Gasteiger charge is 2.13. The summed E-state index contributed by atoms with van der Waals surface area (Å²) >= 11 is 0. The third-order valence-corrected chi connectivity index (χ3v) is 4.38. The molecule has 0 saturated heterocycles. The van der Waals surface area contributed by atoms with Crippen LogP contribution in [0.4, 0.5) is 0 Å². The molecule has 19 heavy (non-hydrogen) atoms. The van der Waals surface area contributed by atoms with Crippen LogP contribution in [0.15, 0.2) is 27.6 Å². The number of ether oxygens (including phenoxy) is 1. The summed E-state index contributed by atoms with van der Waals surface area (Å²) in [4.78, 5) is 22.6. The van der Waals surface area contributed by atoms with E-state index < -0.39 is 8.07 Å². The molecule has 0 atom stereocenters. The van der Waals surface area contributed by atoms with Crippen molar-refractivity contribution in [3.8, 4) is 0 Å². The van der Waals surface area contributed by atoms with Crippen LogP contribution in [0.3, 0.4) is 0 Å². The molecule has 0 N–H and O–H groups in total.